The van der Waals surface area contributed by atoms with Crippen molar-refractivity contribution in [2.45, 2.75) is 56.7 Å². The third-order valence-electron chi connectivity index (χ3n) is 6.06. The van der Waals surface area contributed by atoms with Crippen LogP contribution in [0.25, 0.3) is 0 Å². The van der Waals surface area contributed by atoms with Gasteiger partial charge in [-0.1, -0.05) is 23.7 Å². The Labute approximate surface area is 173 Å². The fourth-order valence-electron chi connectivity index (χ4n) is 4.43. The Bertz CT molecular complexity index is 971. The van der Waals surface area contributed by atoms with Crippen LogP contribution in [0.2, 0.25) is 5.02 Å². The van der Waals surface area contributed by atoms with Crippen LogP contribution in [0.4, 0.5) is 0 Å². The molecule has 7 heteroatoms. The van der Waals surface area contributed by atoms with E-state index in [-0.39, 0.29) is 27.6 Å². The molecule has 148 valence electrons. The monoisotopic (exact) mass is 420 g/mol. The number of hydrogen-bond donors (Lipinski definition) is 1. The van der Waals surface area contributed by atoms with Gasteiger partial charge in [-0.2, -0.15) is 0 Å². The van der Waals surface area contributed by atoms with Gasteiger partial charge in [-0.3, -0.25) is 9.69 Å². The maximum atomic E-state index is 12.8. The molecule has 3 unspecified atom stereocenters. The summed E-state index contributed by atoms with van der Waals surface area (Å²) in [7, 11) is 0. The first-order valence-corrected chi connectivity index (χ1v) is 10.3. The molecule has 0 bridgehead atoms. The molecule has 0 spiro atoms. The number of aromatic nitrogens is 1. The van der Waals surface area contributed by atoms with E-state index in [0.29, 0.717) is 25.6 Å². The predicted molar refractivity (Wildman–Crippen MR) is 109 cm³/mol. The average molecular weight is 421 g/mol. The van der Waals surface area contributed by atoms with Crippen LogP contribution in [0.3, 0.4) is 0 Å². The van der Waals surface area contributed by atoms with Crippen molar-refractivity contribution in [3.8, 4) is 0 Å². The molecule has 0 radical (unpaired) electrons. The smallest absolute Gasteiger partial charge is 0.335 e. The number of hydrogen-bond acceptors (Lipinski definition) is 3. The first-order valence-electron chi connectivity index (χ1n) is 9.51. The Kier molecular flexibility index (Phi) is 5.25. The Hall–Kier alpha value is -1.82. The highest BCUT2D eigenvalue weighted by molar-refractivity contribution is 6.30. The molecule has 4 rings (SSSR count). The van der Waals surface area contributed by atoms with Gasteiger partial charge in [-0.25, -0.2) is 4.79 Å². The number of pyridine rings is 1. The normalized spacial score (nSPS) is 24.0. The summed E-state index contributed by atoms with van der Waals surface area (Å²) in [5.41, 5.74) is 2.93. The number of halogens is 2. The van der Waals surface area contributed by atoms with E-state index in [1.165, 1.54) is 0 Å². The molecule has 5 nitrogen and oxygen atoms in total. The fraction of sp³-hybridized carbons (Fsp3) is 0.429. The van der Waals surface area contributed by atoms with Crippen molar-refractivity contribution in [1.29, 1.82) is 0 Å². The topological polar surface area (TPSA) is 62.5 Å². The maximum absolute atomic E-state index is 12.8. The largest absolute Gasteiger partial charge is 0.478 e. The van der Waals surface area contributed by atoms with Crippen LogP contribution >= 0.6 is 23.2 Å². The van der Waals surface area contributed by atoms with Crippen LogP contribution in [-0.4, -0.2) is 32.6 Å². The molecule has 1 saturated heterocycles. The molecule has 0 aliphatic carbocycles. The molecule has 0 amide bonds. The summed E-state index contributed by atoms with van der Waals surface area (Å²) in [6.45, 7) is 3.39. The number of aryl methyl sites for hydroxylation is 1. The quantitative estimate of drug-likeness (QED) is 0.756. The standard InChI is InChI=1S/C21H22Cl2N2O3/c1-12-2-7-17-19(23)15-10-16(22)20(26)24(18(15)11-25(12)17)9-8-13-3-5-14(6-4-13)21(27)28/h3-6,10,12,17,19H,2,7-9,11H2,1H3,(H,27,28). The number of alkyl halides is 1. The van der Waals surface area contributed by atoms with Gasteiger partial charge in [0.05, 0.1) is 10.9 Å². The fourth-order valence-corrected chi connectivity index (χ4v) is 5.11. The molecule has 28 heavy (non-hydrogen) atoms. The lowest BCUT2D eigenvalue weighted by Gasteiger charge is -2.38. The van der Waals surface area contributed by atoms with Crippen LogP contribution in [0.5, 0.6) is 0 Å². The van der Waals surface area contributed by atoms with Gasteiger partial charge in [0.15, 0.2) is 0 Å². The number of nitrogens with zero attached hydrogens (tertiary/aromatic N) is 2. The van der Waals surface area contributed by atoms with E-state index in [2.05, 4.69) is 11.8 Å². The lowest BCUT2D eigenvalue weighted by Crippen LogP contribution is -2.43. The summed E-state index contributed by atoms with van der Waals surface area (Å²) in [5, 5.41) is 9.05. The zero-order valence-electron chi connectivity index (χ0n) is 15.6. The van der Waals surface area contributed by atoms with Crippen LogP contribution in [-0.2, 0) is 19.5 Å². The molecule has 1 fully saturated rings. The van der Waals surface area contributed by atoms with Crippen molar-refractivity contribution >= 4 is 29.2 Å². The van der Waals surface area contributed by atoms with E-state index in [1.807, 2.05) is 0 Å². The zero-order valence-corrected chi connectivity index (χ0v) is 17.1. The minimum absolute atomic E-state index is 0.173. The van der Waals surface area contributed by atoms with Gasteiger partial charge in [-0.15, -0.1) is 11.6 Å². The number of fused-ring (bicyclic) bond motifs is 2. The summed E-state index contributed by atoms with van der Waals surface area (Å²) in [5.74, 6) is -0.950. The number of carboxylic acids is 1. The first-order chi connectivity index (χ1) is 13.4. The Balaban J connectivity index is 1.65. The Morgan fingerprint density at radius 1 is 1.25 bits per heavy atom. The van der Waals surface area contributed by atoms with Gasteiger partial charge in [0.2, 0.25) is 0 Å². The molecule has 1 aromatic carbocycles. The van der Waals surface area contributed by atoms with Crippen LogP contribution < -0.4 is 5.56 Å². The molecular weight excluding hydrogens is 399 g/mol. The predicted octanol–water partition coefficient (Wildman–Crippen LogP) is 4.09. The van der Waals surface area contributed by atoms with Gasteiger partial charge in [0.25, 0.3) is 5.56 Å². The van der Waals surface area contributed by atoms with Crippen molar-refractivity contribution in [3.63, 3.8) is 0 Å². The molecule has 1 aromatic heterocycles. The van der Waals surface area contributed by atoms with Gasteiger partial charge in [0, 0.05) is 30.9 Å². The SMILES string of the molecule is CC1CCC2C(Cl)c3cc(Cl)c(=O)n(CCc4ccc(C(=O)O)cc4)c3CN12. The van der Waals surface area contributed by atoms with Crippen molar-refractivity contribution in [3.05, 3.63) is 68.1 Å². The number of rotatable bonds is 4. The lowest BCUT2D eigenvalue weighted by atomic mass is 9.96. The molecular formula is C21H22Cl2N2O3. The average Bonchev–Trinajstić information content (AvgIpc) is 3.05. The number of benzene rings is 1. The van der Waals surface area contributed by atoms with Crippen LogP contribution in [0.1, 0.15) is 52.3 Å². The number of aromatic carboxylic acids is 1. The van der Waals surface area contributed by atoms with E-state index < -0.39 is 5.97 Å². The Morgan fingerprint density at radius 2 is 1.96 bits per heavy atom. The van der Waals surface area contributed by atoms with E-state index in [1.54, 1.807) is 34.9 Å². The van der Waals surface area contributed by atoms with Crippen LogP contribution in [0, 0.1) is 0 Å². The molecule has 0 saturated carbocycles. The second kappa shape index (κ2) is 7.54. The summed E-state index contributed by atoms with van der Waals surface area (Å²) < 4.78 is 1.75. The van der Waals surface area contributed by atoms with E-state index in [4.69, 9.17) is 28.3 Å². The van der Waals surface area contributed by atoms with Crippen LogP contribution in [0.15, 0.2) is 35.1 Å². The highest BCUT2D eigenvalue weighted by Crippen LogP contribution is 2.43. The van der Waals surface area contributed by atoms with Crippen molar-refractivity contribution in [2.75, 3.05) is 0 Å². The first kappa shape index (κ1) is 19.5. The van der Waals surface area contributed by atoms with E-state index in [9.17, 15) is 9.59 Å². The molecule has 2 aliphatic heterocycles. The minimum atomic E-state index is -0.950. The van der Waals surface area contributed by atoms with Crippen molar-refractivity contribution in [1.82, 2.24) is 9.47 Å². The second-order valence-corrected chi connectivity index (χ2v) is 8.55. The maximum Gasteiger partial charge on any atom is 0.335 e. The van der Waals surface area contributed by atoms with Gasteiger partial charge in [-0.05, 0) is 55.5 Å². The van der Waals surface area contributed by atoms with Crippen molar-refractivity contribution in [2.24, 2.45) is 0 Å². The van der Waals surface area contributed by atoms with Gasteiger partial charge in [0.1, 0.15) is 5.02 Å². The summed E-state index contributed by atoms with van der Waals surface area (Å²) in [6, 6.07) is 9.22. The van der Waals surface area contributed by atoms with Gasteiger partial charge >= 0.3 is 5.97 Å². The molecule has 2 aromatic rings. The molecule has 1 N–H and O–H groups in total. The minimum Gasteiger partial charge on any atom is -0.478 e. The third kappa shape index (κ3) is 3.36. The highest BCUT2D eigenvalue weighted by Gasteiger charge is 2.41. The van der Waals surface area contributed by atoms with E-state index >= 15 is 0 Å². The third-order valence-corrected chi connectivity index (χ3v) is 6.85. The Morgan fingerprint density at radius 3 is 2.64 bits per heavy atom. The summed E-state index contributed by atoms with van der Waals surface area (Å²) in [6.07, 6.45) is 2.77. The lowest BCUT2D eigenvalue weighted by molar-refractivity contribution is 0.0697. The molecule has 2 aliphatic rings. The van der Waals surface area contributed by atoms with E-state index in [0.717, 1.165) is 29.7 Å². The zero-order chi connectivity index (χ0) is 20.0. The number of carboxylic acid groups (broad SMARTS) is 1. The highest BCUT2D eigenvalue weighted by atomic mass is 35.5. The van der Waals surface area contributed by atoms with Crippen molar-refractivity contribution < 1.29 is 9.90 Å². The molecule has 3 heterocycles. The summed E-state index contributed by atoms with van der Waals surface area (Å²) >= 11 is 13.1. The second-order valence-electron chi connectivity index (χ2n) is 7.67. The van der Waals surface area contributed by atoms with Gasteiger partial charge < -0.3 is 9.67 Å². The number of carbonyl (C=O) groups is 1. The summed E-state index contributed by atoms with van der Waals surface area (Å²) in [4.78, 5) is 26.2. The molecule has 3 atom stereocenters.